The molecule has 0 spiro atoms. The van der Waals surface area contributed by atoms with Crippen molar-refractivity contribution in [2.24, 2.45) is 5.14 Å². The van der Waals surface area contributed by atoms with Crippen LogP contribution in [0.4, 0.5) is 15.8 Å². The lowest BCUT2D eigenvalue weighted by Gasteiger charge is -2.08. The third-order valence-electron chi connectivity index (χ3n) is 2.67. The number of carboxylic acids is 1. The number of sulfonamides is 1. The second-order valence-electron chi connectivity index (χ2n) is 4.19. The highest BCUT2D eigenvalue weighted by Gasteiger charge is 2.11. The summed E-state index contributed by atoms with van der Waals surface area (Å²) in [6, 6.07) is 9.11. The lowest BCUT2D eigenvalue weighted by molar-refractivity contribution is 0.0692. The minimum atomic E-state index is -3.77. The molecule has 4 N–H and O–H groups in total. The molecule has 0 fully saturated rings. The molecule has 0 aliphatic heterocycles. The molecule has 21 heavy (non-hydrogen) atoms. The molecule has 0 bridgehead atoms. The number of carboxylic acid groups (broad SMARTS) is 1. The predicted molar refractivity (Wildman–Crippen MR) is 74.5 cm³/mol. The topological polar surface area (TPSA) is 109 Å². The first kappa shape index (κ1) is 14.9. The molecule has 6 nitrogen and oxygen atoms in total. The number of benzene rings is 2. The SMILES string of the molecule is NS(=O)(=O)c1ccc(Nc2ccc(C(=O)O)c(F)c2)cc1. The molecule has 2 aromatic rings. The van der Waals surface area contributed by atoms with E-state index in [1.165, 1.54) is 30.3 Å². The van der Waals surface area contributed by atoms with E-state index in [0.717, 1.165) is 12.1 Å². The number of primary sulfonamides is 1. The molecule has 2 aromatic carbocycles. The molecular weight excluding hydrogens is 299 g/mol. The van der Waals surface area contributed by atoms with Crippen LogP contribution in [0.1, 0.15) is 10.4 Å². The molecule has 0 heterocycles. The molecule has 0 aliphatic carbocycles. The van der Waals surface area contributed by atoms with Gasteiger partial charge in [0.1, 0.15) is 5.82 Å². The van der Waals surface area contributed by atoms with Crippen molar-refractivity contribution in [2.75, 3.05) is 5.32 Å². The van der Waals surface area contributed by atoms with Gasteiger partial charge in [-0.15, -0.1) is 0 Å². The minimum Gasteiger partial charge on any atom is -0.478 e. The Kier molecular flexibility index (Phi) is 3.92. The molecule has 0 unspecified atom stereocenters. The minimum absolute atomic E-state index is 0.0412. The summed E-state index contributed by atoms with van der Waals surface area (Å²) >= 11 is 0. The van der Waals surface area contributed by atoms with Crippen molar-refractivity contribution in [3.05, 3.63) is 53.8 Å². The van der Waals surface area contributed by atoms with Crippen molar-refractivity contribution in [3.63, 3.8) is 0 Å². The van der Waals surface area contributed by atoms with Crippen LogP contribution in [0.2, 0.25) is 0 Å². The molecule has 0 atom stereocenters. The van der Waals surface area contributed by atoms with Gasteiger partial charge in [0.05, 0.1) is 10.5 Å². The maximum absolute atomic E-state index is 13.5. The molecule has 0 amide bonds. The highest BCUT2D eigenvalue weighted by molar-refractivity contribution is 7.89. The zero-order valence-corrected chi connectivity index (χ0v) is 11.4. The van der Waals surface area contributed by atoms with Crippen LogP contribution in [0, 0.1) is 5.82 Å². The van der Waals surface area contributed by atoms with E-state index in [1.54, 1.807) is 0 Å². The average Bonchev–Trinajstić information content (AvgIpc) is 2.38. The number of hydrogen-bond acceptors (Lipinski definition) is 4. The first-order valence-electron chi connectivity index (χ1n) is 5.70. The van der Waals surface area contributed by atoms with E-state index in [2.05, 4.69) is 5.32 Å². The second-order valence-corrected chi connectivity index (χ2v) is 5.76. The van der Waals surface area contributed by atoms with Gasteiger partial charge in [0.2, 0.25) is 10.0 Å². The number of hydrogen-bond donors (Lipinski definition) is 3. The number of halogens is 1. The molecule has 0 aromatic heterocycles. The van der Waals surface area contributed by atoms with E-state index in [0.29, 0.717) is 11.4 Å². The van der Waals surface area contributed by atoms with Gasteiger partial charge in [0.15, 0.2) is 0 Å². The molecule has 8 heteroatoms. The highest BCUT2D eigenvalue weighted by Crippen LogP contribution is 2.20. The van der Waals surface area contributed by atoms with Gasteiger partial charge in [-0.25, -0.2) is 22.7 Å². The number of carbonyl (C=O) groups is 1. The molecule has 0 saturated heterocycles. The van der Waals surface area contributed by atoms with Gasteiger partial charge in [0, 0.05) is 11.4 Å². The Bertz CT molecular complexity index is 788. The monoisotopic (exact) mass is 310 g/mol. The van der Waals surface area contributed by atoms with Crippen LogP contribution in [0.3, 0.4) is 0 Å². The Morgan fingerprint density at radius 2 is 1.67 bits per heavy atom. The maximum Gasteiger partial charge on any atom is 0.338 e. The fourth-order valence-corrected chi connectivity index (χ4v) is 2.18. The number of nitrogens with two attached hydrogens (primary N) is 1. The summed E-state index contributed by atoms with van der Waals surface area (Å²) in [5.41, 5.74) is 0.413. The lowest BCUT2D eigenvalue weighted by atomic mass is 10.2. The van der Waals surface area contributed by atoms with Crippen LogP contribution in [0.5, 0.6) is 0 Å². The van der Waals surface area contributed by atoms with Gasteiger partial charge < -0.3 is 10.4 Å². The second kappa shape index (κ2) is 5.51. The summed E-state index contributed by atoms with van der Waals surface area (Å²) in [6.45, 7) is 0. The first-order valence-corrected chi connectivity index (χ1v) is 7.25. The Labute approximate surface area is 120 Å². The van der Waals surface area contributed by atoms with Crippen molar-refractivity contribution >= 4 is 27.4 Å². The van der Waals surface area contributed by atoms with E-state index >= 15 is 0 Å². The van der Waals surface area contributed by atoms with Gasteiger partial charge in [-0.05, 0) is 42.5 Å². The Hall–Kier alpha value is -2.45. The number of nitrogens with one attached hydrogen (secondary N) is 1. The van der Waals surface area contributed by atoms with E-state index in [9.17, 15) is 17.6 Å². The van der Waals surface area contributed by atoms with E-state index in [4.69, 9.17) is 10.2 Å². The van der Waals surface area contributed by atoms with Crippen LogP contribution in [0.15, 0.2) is 47.4 Å². The maximum atomic E-state index is 13.5. The van der Waals surface area contributed by atoms with Crippen LogP contribution in [-0.4, -0.2) is 19.5 Å². The summed E-state index contributed by atoms with van der Waals surface area (Å²) in [7, 11) is -3.77. The van der Waals surface area contributed by atoms with Gasteiger partial charge >= 0.3 is 5.97 Å². The molecule has 0 saturated carbocycles. The third kappa shape index (κ3) is 3.56. The number of rotatable bonds is 4. The Morgan fingerprint density at radius 1 is 1.10 bits per heavy atom. The van der Waals surface area contributed by atoms with E-state index in [1.807, 2.05) is 0 Å². The normalized spacial score (nSPS) is 11.1. The highest BCUT2D eigenvalue weighted by atomic mass is 32.2. The fraction of sp³-hybridized carbons (Fsp3) is 0. The molecule has 110 valence electrons. The van der Waals surface area contributed by atoms with Gasteiger partial charge in [0.25, 0.3) is 0 Å². The fourth-order valence-electron chi connectivity index (χ4n) is 1.66. The summed E-state index contributed by atoms with van der Waals surface area (Å²) < 4.78 is 35.7. The van der Waals surface area contributed by atoms with Crippen molar-refractivity contribution in [3.8, 4) is 0 Å². The summed E-state index contributed by atoms with van der Waals surface area (Å²) in [4.78, 5) is 10.7. The van der Waals surface area contributed by atoms with Crippen molar-refractivity contribution < 1.29 is 22.7 Å². The summed E-state index contributed by atoms with van der Waals surface area (Å²) in [6.07, 6.45) is 0. The third-order valence-corrected chi connectivity index (χ3v) is 3.60. The number of aromatic carboxylic acids is 1. The predicted octanol–water partition coefficient (Wildman–Crippen LogP) is 1.91. The van der Waals surface area contributed by atoms with Crippen molar-refractivity contribution in [1.29, 1.82) is 0 Å². The smallest absolute Gasteiger partial charge is 0.338 e. The van der Waals surface area contributed by atoms with Crippen LogP contribution in [0.25, 0.3) is 0 Å². The van der Waals surface area contributed by atoms with Crippen molar-refractivity contribution in [2.45, 2.75) is 4.90 Å². The van der Waals surface area contributed by atoms with Crippen molar-refractivity contribution in [1.82, 2.24) is 0 Å². The van der Waals surface area contributed by atoms with E-state index in [-0.39, 0.29) is 4.90 Å². The molecular formula is C13H11FN2O4S. The van der Waals surface area contributed by atoms with E-state index < -0.39 is 27.4 Å². The summed E-state index contributed by atoms with van der Waals surface area (Å²) in [5.74, 6) is -2.22. The van der Waals surface area contributed by atoms with Crippen LogP contribution in [-0.2, 0) is 10.0 Å². The largest absolute Gasteiger partial charge is 0.478 e. The van der Waals surface area contributed by atoms with Gasteiger partial charge in [-0.1, -0.05) is 0 Å². The van der Waals surface area contributed by atoms with Crippen LogP contribution < -0.4 is 10.5 Å². The Morgan fingerprint density at radius 3 is 2.14 bits per heavy atom. The first-order chi connectivity index (χ1) is 9.77. The zero-order valence-electron chi connectivity index (χ0n) is 10.6. The standard InChI is InChI=1S/C13H11FN2O4S/c14-12-7-9(3-6-11(12)13(17)18)16-8-1-4-10(5-2-8)21(15,19)20/h1-7,16H,(H,17,18)(H2,15,19,20). The quantitative estimate of drug-likeness (QED) is 0.799. The number of anilines is 2. The summed E-state index contributed by atoms with van der Waals surface area (Å²) in [5, 5.41) is 16.5. The molecule has 0 aliphatic rings. The van der Waals surface area contributed by atoms with Gasteiger partial charge in [-0.3, -0.25) is 0 Å². The Balaban J connectivity index is 2.23. The molecule has 0 radical (unpaired) electrons. The molecule has 2 rings (SSSR count). The van der Waals surface area contributed by atoms with Crippen LogP contribution >= 0.6 is 0 Å². The van der Waals surface area contributed by atoms with Gasteiger partial charge in [-0.2, -0.15) is 0 Å². The zero-order chi connectivity index (χ0) is 15.6. The lowest BCUT2D eigenvalue weighted by Crippen LogP contribution is -2.11. The average molecular weight is 310 g/mol.